The lowest BCUT2D eigenvalue weighted by molar-refractivity contribution is 0.272. The Balaban J connectivity index is 1.52. The minimum atomic E-state index is 0.694. The molecule has 0 spiro atoms. The van der Waals surface area contributed by atoms with Crippen LogP contribution in [0.4, 0.5) is 5.69 Å². The number of hydrazone groups is 1. The molecule has 0 amide bonds. The van der Waals surface area contributed by atoms with Crippen molar-refractivity contribution >= 4 is 11.9 Å². The Morgan fingerprint density at radius 3 is 2.30 bits per heavy atom. The Morgan fingerprint density at radius 2 is 1.65 bits per heavy atom. The van der Waals surface area contributed by atoms with Gasteiger partial charge in [-0.2, -0.15) is 5.10 Å². The first kappa shape index (κ1) is 15.4. The van der Waals surface area contributed by atoms with E-state index < -0.39 is 0 Å². The van der Waals surface area contributed by atoms with Crippen LogP contribution in [-0.4, -0.2) is 44.0 Å². The summed E-state index contributed by atoms with van der Waals surface area (Å²) in [5.74, 6) is 0.904. The first-order valence-corrected chi connectivity index (χ1v) is 8.17. The van der Waals surface area contributed by atoms with E-state index in [4.69, 9.17) is 4.74 Å². The van der Waals surface area contributed by atoms with Crippen LogP contribution in [0.15, 0.2) is 59.7 Å². The highest BCUT2D eigenvalue weighted by molar-refractivity contribution is 5.79. The van der Waals surface area contributed by atoms with Gasteiger partial charge in [0.1, 0.15) is 5.75 Å². The number of nitrogens with zero attached hydrogens (tertiary/aromatic N) is 3. The summed E-state index contributed by atoms with van der Waals surface area (Å²) in [5.41, 5.74) is 2.39. The Morgan fingerprint density at radius 1 is 0.957 bits per heavy atom. The van der Waals surface area contributed by atoms with Gasteiger partial charge in [-0.05, 0) is 48.9 Å². The van der Waals surface area contributed by atoms with Crippen molar-refractivity contribution in [2.24, 2.45) is 5.10 Å². The lowest BCUT2D eigenvalue weighted by Crippen LogP contribution is -2.44. The van der Waals surface area contributed by atoms with E-state index in [2.05, 4.69) is 45.3 Å². The lowest BCUT2D eigenvalue weighted by atomic mass is 10.2. The molecule has 2 aromatic rings. The van der Waals surface area contributed by atoms with E-state index in [9.17, 15) is 0 Å². The Kier molecular flexibility index (Phi) is 5.14. The summed E-state index contributed by atoms with van der Waals surface area (Å²) >= 11 is 0. The van der Waals surface area contributed by atoms with Gasteiger partial charge in [0.15, 0.2) is 0 Å². The number of rotatable bonds is 5. The molecule has 0 N–H and O–H groups in total. The molecule has 23 heavy (non-hydrogen) atoms. The van der Waals surface area contributed by atoms with Crippen LogP contribution in [-0.2, 0) is 0 Å². The van der Waals surface area contributed by atoms with Crippen LogP contribution in [0.2, 0.25) is 0 Å². The van der Waals surface area contributed by atoms with Gasteiger partial charge in [0.05, 0.1) is 25.9 Å². The molecule has 0 aliphatic carbocycles. The summed E-state index contributed by atoms with van der Waals surface area (Å²) < 4.78 is 5.45. The number of piperazine rings is 1. The standard InChI is InChI=1S/C19H23N3O/c1-2-23-19-10-8-17(9-11-19)16-20-22-14-12-21(13-15-22)18-6-4-3-5-7-18/h3-11,16H,2,12-15H2,1H3/b20-16+. The monoisotopic (exact) mass is 309 g/mol. The molecule has 3 rings (SSSR count). The molecule has 0 unspecified atom stereocenters. The van der Waals surface area contributed by atoms with Gasteiger partial charge < -0.3 is 9.64 Å². The molecule has 4 heteroatoms. The molecule has 0 aromatic heterocycles. The maximum atomic E-state index is 5.45. The van der Waals surface area contributed by atoms with E-state index in [1.807, 2.05) is 37.4 Å². The van der Waals surface area contributed by atoms with Crippen LogP contribution in [0.5, 0.6) is 5.75 Å². The maximum Gasteiger partial charge on any atom is 0.119 e. The van der Waals surface area contributed by atoms with Crippen molar-refractivity contribution in [1.29, 1.82) is 0 Å². The van der Waals surface area contributed by atoms with Crippen molar-refractivity contribution in [3.05, 3.63) is 60.2 Å². The molecule has 4 nitrogen and oxygen atoms in total. The predicted molar refractivity (Wildman–Crippen MR) is 95.4 cm³/mol. The van der Waals surface area contributed by atoms with Crippen molar-refractivity contribution in [2.75, 3.05) is 37.7 Å². The molecule has 2 aromatic carbocycles. The average Bonchev–Trinajstić information content (AvgIpc) is 2.63. The molecule has 0 bridgehead atoms. The summed E-state index contributed by atoms with van der Waals surface area (Å²) in [7, 11) is 0. The van der Waals surface area contributed by atoms with Crippen LogP contribution < -0.4 is 9.64 Å². The van der Waals surface area contributed by atoms with Gasteiger partial charge in [0.25, 0.3) is 0 Å². The highest BCUT2D eigenvalue weighted by atomic mass is 16.5. The normalized spacial score (nSPS) is 15.2. The fourth-order valence-electron chi connectivity index (χ4n) is 2.67. The van der Waals surface area contributed by atoms with Crippen LogP contribution in [0.1, 0.15) is 12.5 Å². The molecule has 120 valence electrons. The van der Waals surface area contributed by atoms with Gasteiger partial charge in [0, 0.05) is 18.8 Å². The fraction of sp³-hybridized carbons (Fsp3) is 0.316. The number of benzene rings is 2. The molecule has 1 fully saturated rings. The first-order chi connectivity index (χ1) is 11.3. The summed E-state index contributed by atoms with van der Waals surface area (Å²) in [6, 6.07) is 18.6. The third kappa shape index (κ3) is 4.25. The molecule has 1 aliphatic rings. The number of anilines is 1. The molecular weight excluding hydrogens is 286 g/mol. The van der Waals surface area contributed by atoms with Gasteiger partial charge in [-0.1, -0.05) is 18.2 Å². The van der Waals surface area contributed by atoms with Gasteiger partial charge in [-0.3, -0.25) is 5.01 Å². The number of hydrogen-bond donors (Lipinski definition) is 0. The van der Waals surface area contributed by atoms with Gasteiger partial charge in [-0.25, -0.2) is 0 Å². The topological polar surface area (TPSA) is 28.1 Å². The third-order valence-corrected chi connectivity index (χ3v) is 3.94. The predicted octanol–water partition coefficient (Wildman–Crippen LogP) is 3.24. The second kappa shape index (κ2) is 7.68. The van der Waals surface area contributed by atoms with Crippen LogP contribution >= 0.6 is 0 Å². The average molecular weight is 309 g/mol. The van der Waals surface area contributed by atoms with Crippen LogP contribution in [0.3, 0.4) is 0 Å². The molecule has 0 saturated carbocycles. The van der Waals surface area contributed by atoms with E-state index in [0.717, 1.165) is 37.5 Å². The number of hydrogen-bond acceptors (Lipinski definition) is 4. The highest BCUT2D eigenvalue weighted by Gasteiger charge is 2.15. The Labute approximate surface area is 138 Å². The molecule has 1 aliphatic heterocycles. The highest BCUT2D eigenvalue weighted by Crippen LogP contribution is 2.16. The summed E-state index contributed by atoms with van der Waals surface area (Å²) in [4.78, 5) is 2.41. The molecular formula is C19H23N3O. The third-order valence-electron chi connectivity index (χ3n) is 3.94. The summed E-state index contributed by atoms with van der Waals surface area (Å²) in [6.45, 7) is 6.59. The molecule has 1 heterocycles. The zero-order valence-electron chi connectivity index (χ0n) is 13.6. The van der Waals surface area contributed by atoms with E-state index in [1.165, 1.54) is 5.69 Å². The number of ether oxygens (including phenoxy) is 1. The second-order valence-electron chi connectivity index (χ2n) is 5.52. The largest absolute Gasteiger partial charge is 0.494 e. The minimum Gasteiger partial charge on any atom is -0.494 e. The minimum absolute atomic E-state index is 0.694. The van der Waals surface area contributed by atoms with E-state index in [0.29, 0.717) is 6.61 Å². The van der Waals surface area contributed by atoms with Gasteiger partial charge in [0.2, 0.25) is 0 Å². The maximum absolute atomic E-state index is 5.45. The van der Waals surface area contributed by atoms with Crippen LogP contribution in [0.25, 0.3) is 0 Å². The summed E-state index contributed by atoms with van der Waals surface area (Å²) in [6.07, 6.45) is 1.92. The van der Waals surface area contributed by atoms with Crippen molar-refractivity contribution in [3.8, 4) is 5.75 Å². The zero-order chi connectivity index (χ0) is 15.9. The molecule has 0 radical (unpaired) electrons. The zero-order valence-corrected chi connectivity index (χ0v) is 13.6. The molecule has 1 saturated heterocycles. The van der Waals surface area contributed by atoms with E-state index >= 15 is 0 Å². The first-order valence-electron chi connectivity index (χ1n) is 8.17. The lowest BCUT2D eigenvalue weighted by Gasteiger charge is -2.34. The summed E-state index contributed by atoms with van der Waals surface area (Å²) in [5, 5.41) is 6.73. The van der Waals surface area contributed by atoms with Gasteiger partial charge >= 0.3 is 0 Å². The van der Waals surface area contributed by atoms with Gasteiger partial charge in [-0.15, -0.1) is 0 Å². The van der Waals surface area contributed by atoms with Crippen molar-refractivity contribution in [1.82, 2.24) is 5.01 Å². The SMILES string of the molecule is CCOc1ccc(/C=N/N2CCN(c3ccccc3)CC2)cc1. The van der Waals surface area contributed by atoms with Crippen molar-refractivity contribution < 1.29 is 4.74 Å². The van der Waals surface area contributed by atoms with E-state index in [1.54, 1.807) is 0 Å². The quantitative estimate of drug-likeness (QED) is 0.794. The van der Waals surface area contributed by atoms with Crippen molar-refractivity contribution in [2.45, 2.75) is 6.92 Å². The van der Waals surface area contributed by atoms with E-state index in [-0.39, 0.29) is 0 Å². The second-order valence-corrected chi connectivity index (χ2v) is 5.52. The number of para-hydroxylation sites is 1. The Bertz CT molecular complexity index is 617. The smallest absolute Gasteiger partial charge is 0.119 e. The van der Waals surface area contributed by atoms with Crippen molar-refractivity contribution in [3.63, 3.8) is 0 Å². The molecule has 0 atom stereocenters. The Hall–Kier alpha value is -2.49. The fourth-order valence-corrected chi connectivity index (χ4v) is 2.67. The van der Waals surface area contributed by atoms with Crippen LogP contribution in [0, 0.1) is 0 Å².